The van der Waals surface area contributed by atoms with Crippen LogP contribution in [0.25, 0.3) is 0 Å². The Morgan fingerprint density at radius 3 is 2.57 bits per heavy atom. The van der Waals surface area contributed by atoms with E-state index in [2.05, 4.69) is 11.0 Å². The van der Waals surface area contributed by atoms with Gasteiger partial charge < -0.3 is 0 Å². The summed E-state index contributed by atoms with van der Waals surface area (Å²) in [5, 5.41) is 8.46. The number of fused-ring (bicyclic) bond motifs is 2. The Balaban J connectivity index is 1.88. The molecule has 2 aliphatic rings. The second-order valence-electron chi connectivity index (χ2n) is 4.33. The minimum atomic E-state index is 0.439. The molecule has 0 aromatic heterocycles. The molecule has 0 saturated carbocycles. The molecule has 2 aliphatic heterocycles. The van der Waals surface area contributed by atoms with E-state index in [0.29, 0.717) is 24.3 Å². The molecule has 0 aromatic carbocycles. The molecule has 0 aromatic rings. The lowest BCUT2D eigenvalue weighted by molar-refractivity contribution is -0.123. The van der Waals surface area contributed by atoms with Gasteiger partial charge in [0.1, 0.15) is 5.78 Å². The number of ketones is 1. The van der Waals surface area contributed by atoms with Crippen LogP contribution in [-0.2, 0) is 4.79 Å². The molecule has 3 nitrogen and oxygen atoms in total. The summed E-state index contributed by atoms with van der Waals surface area (Å²) in [6, 6.07) is 3.17. The van der Waals surface area contributed by atoms with Crippen molar-refractivity contribution < 1.29 is 4.79 Å². The van der Waals surface area contributed by atoms with E-state index in [1.807, 2.05) is 0 Å². The second-order valence-corrected chi connectivity index (χ2v) is 4.33. The number of carbonyl (C=O) groups excluding carboxylic acids is 1. The van der Waals surface area contributed by atoms with Crippen molar-refractivity contribution in [1.29, 1.82) is 5.26 Å². The molecule has 2 saturated heterocycles. The molecule has 2 rings (SSSR count). The van der Waals surface area contributed by atoms with Crippen LogP contribution < -0.4 is 0 Å². The maximum atomic E-state index is 11.3. The van der Waals surface area contributed by atoms with Crippen LogP contribution in [0.2, 0.25) is 0 Å². The van der Waals surface area contributed by atoms with E-state index in [1.54, 1.807) is 0 Å². The summed E-state index contributed by atoms with van der Waals surface area (Å²) in [7, 11) is 0. The number of nitrogens with zero attached hydrogens (tertiary/aromatic N) is 2. The molecule has 0 radical (unpaired) electrons. The van der Waals surface area contributed by atoms with Crippen molar-refractivity contribution in [2.24, 2.45) is 0 Å². The van der Waals surface area contributed by atoms with Crippen LogP contribution in [0.3, 0.4) is 0 Å². The summed E-state index contributed by atoms with van der Waals surface area (Å²) in [5.74, 6) is 0.439. The Morgan fingerprint density at radius 2 is 2.00 bits per heavy atom. The molecule has 0 aliphatic carbocycles. The van der Waals surface area contributed by atoms with Crippen LogP contribution >= 0.6 is 0 Å². The smallest absolute Gasteiger partial charge is 0.136 e. The first kappa shape index (κ1) is 9.67. The van der Waals surface area contributed by atoms with Gasteiger partial charge in [0.25, 0.3) is 0 Å². The Labute approximate surface area is 84.7 Å². The average Bonchev–Trinajstić information content (AvgIpc) is 2.42. The van der Waals surface area contributed by atoms with E-state index in [9.17, 15) is 4.79 Å². The number of hydrogen-bond donors (Lipinski definition) is 0. The van der Waals surface area contributed by atoms with E-state index in [-0.39, 0.29) is 0 Å². The average molecular weight is 192 g/mol. The lowest BCUT2D eigenvalue weighted by Gasteiger charge is -2.33. The van der Waals surface area contributed by atoms with Crippen molar-refractivity contribution in [3.8, 4) is 6.07 Å². The quantitative estimate of drug-likeness (QED) is 0.636. The van der Waals surface area contributed by atoms with Gasteiger partial charge in [-0.15, -0.1) is 0 Å². The first-order valence-corrected chi connectivity index (χ1v) is 5.45. The first-order valence-electron chi connectivity index (χ1n) is 5.45. The largest absolute Gasteiger partial charge is 0.300 e. The topological polar surface area (TPSA) is 44.1 Å². The SMILES string of the molecule is N#CCCCN1[C@@H]2CC[C@H]1CC(=O)C2. The van der Waals surface area contributed by atoms with Crippen LogP contribution in [-0.4, -0.2) is 29.3 Å². The third-order valence-electron chi connectivity index (χ3n) is 3.40. The maximum absolute atomic E-state index is 11.3. The fourth-order valence-electron chi connectivity index (χ4n) is 2.77. The number of carbonyl (C=O) groups is 1. The van der Waals surface area contributed by atoms with E-state index < -0.39 is 0 Å². The van der Waals surface area contributed by atoms with Gasteiger partial charge in [-0.05, 0) is 25.8 Å². The van der Waals surface area contributed by atoms with Crippen LogP contribution in [0.15, 0.2) is 0 Å². The molecular formula is C11H16N2O. The highest BCUT2D eigenvalue weighted by Gasteiger charge is 2.39. The summed E-state index contributed by atoms with van der Waals surface area (Å²) in [6.45, 7) is 1.01. The van der Waals surface area contributed by atoms with Crippen molar-refractivity contribution in [3.63, 3.8) is 0 Å². The van der Waals surface area contributed by atoms with Gasteiger partial charge in [0.15, 0.2) is 0 Å². The standard InChI is InChI=1S/C11H16N2O/c12-5-1-2-6-13-9-3-4-10(13)8-11(14)7-9/h9-10H,1-4,6-8H2/t9-,10+. The first-order chi connectivity index (χ1) is 6.81. The van der Waals surface area contributed by atoms with Crippen molar-refractivity contribution >= 4 is 5.78 Å². The molecule has 0 spiro atoms. The van der Waals surface area contributed by atoms with Gasteiger partial charge >= 0.3 is 0 Å². The van der Waals surface area contributed by atoms with E-state index >= 15 is 0 Å². The molecular weight excluding hydrogens is 176 g/mol. The fourth-order valence-corrected chi connectivity index (χ4v) is 2.77. The molecule has 2 fully saturated rings. The van der Waals surface area contributed by atoms with Crippen LogP contribution in [0.1, 0.15) is 38.5 Å². The molecule has 0 amide bonds. The van der Waals surface area contributed by atoms with Gasteiger partial charge in [-0.25, -0.2) is 0 Å². The van der Waals surface area contributed by atoms with Gasteiger partial charge in [0, 0.05) is 31.3 Å². The van der Waals surface area contributed by atoms with Crippen LogP contribution in [0.5, 0.6) is 0 Å². The highest BCUT2D eigenvalue weighted by molar-refractivity contribution is 5.80. The number of rotatable bonds is 3. The third kappa shape index (κ3) is 1.80. The van der Waals surface area contributed by atoms with E-state index in [1.165, 1.54) is 12.8 Å². The molecule has 2 bridgehead atoms. The lowest BCUT2D eigenvalue weighted by atomic mass is 10.0. The Kier molecular flexibility index (Phi) is 2.83. The molecule has 76 valence electrons. The molecule has 2 heterocycles. The lowest BCUT2D eigenvalue weighted by Crippen LogP contribution is -2.43. The summed E-state index contributed by atoms with van der Waals surface area (Å²) in [6.07, 6.45) is 5.47. The molecule has 14 heavy (non-hydrogen) atoms. The van der Waals surface area contributed by atoms with Gasteiger partial charge in [0.2, 0.25) is 0 Å². The minimum Gasteiger partial charge on any atom is -0.300 e. The number of Topliss-reactive ketones (excluding diaryl/α,β-unsaturated/α-hetero) is 1. The predicted octanol–water partition coefficient (Wildman–Crippen LogP) is 1.49. The maximum Gasteiger partial charge on any atom is 0.136 e. The van der Waals surface area contributed by atoms with Gasteiger partial charge in [-0.2, -0.15) is 5.26 Å². The van der Waals surface area contributed by atoms with Gasteiger partial charge in [-0.1, -0.05) is 0 Å². The van der Waals surface area contributed by atoms with Crippen molar-refractivity contribution in [2.75, 3.05) is 6.54 Å². The van der Waals surface area contributed by atoms with Crippen molar-refractivity contribution in [3.05, 3.63) is 0 Å². The fraction of sp³-hybridized carbons (Fsp3) is 0.818. The normalized spacial score (nSPS) is 31.8. The number of piperidine rings is 1. The number of hydrogen-bond acceptors (Lipinski definition) is 3. The Morgan fingerprint density at radius 1 is 1.36 bits per heavy atom. The zero-order valence-corrected chi connectivity index (χ0v) is 8.41. The van der Waals surface area contributed by atoms with Crippen molar-refractivity contribution in [2.45, 2.75) is 50.6 Å². The minimum absolute atomic E-state index is 0.439. The Hall–Kier alpha value is -0.880. The number of nitriles is 1. The molecule has 3 heteroatoms. The summed E-state index contributed by atoms with van der Waals surface area (Å²) in [4.78, 5) is 13.8. The molecule has 0 N–H and O–H groups in total. The zero-order valence-electron chi connectivity index (χ0n) is 8.41. The van der Waals surface area contributed by atoms with Gasteiger partial charge in [0.05, 0.1) is 6.07 Å². The van der Waals surface area contributed by atoms with Gasteiger partial charge in [-0.3, -0.25) is 9.69 Å². The second kappa shape index (κ2) is 4.10. The highest BCUT2D eigenvalue weighted by Crippen LogP contribution is 2.33. The highest BCUT2D eigenvalue weighted by atomic mass is 16.1. The third-order valence-corrected chi connectivity index (χ3v) is 3.40. The van der Waals surface area contributed by atoms with E-state index in [4.69, 9.17) is 5.26 Å². The summed E-state index contributed by atoms with van der Waals surface area (Å²) < 4.78 is 0. The predicted molar refractivity (Wildman–Crippen MR) is 52.6 cm³/mol. The van der Waals surface area contributed by atoms with Crippen LogP contribution in [0.4, 0.5) is 0 Å². The monoisotopic (exact) mass is 192 g/mol. The molecule has 2 atom stereocenters. The zero-order chi connectivity index (χ0) is 9.97. The van der Waals surface area contributed by atoms with Crippen LogP contribution in [0, 0.1) is 11.3 Å². The Bertz CT molecular complexity index is 253. The summed E-state index contributed by atoms with van der Waals surface area (Å²) >= 11 is 0. The number of unbranched alkanes of at least 4 members (excludes halogenated alkanes) is 1. The van der Waals surface area contributed by atoms with E-state index in [0.717, 1.165) is 25.8 Å². The summed E-state index contributed by atoms with van der Waals surface area (Å²) in [5.41, 5.74) is 0. The molecule has 0 unspecified atom stereocenters. The van der Waals surface area contributed by atoms with Crippen molar-refractivity contribution in [1.82, 2.24) is 4.90 Å².